The van der Waals surface area contributed by atoms with Gasteiger partial charge in [-0.2, -0.15) is 0 Å². The zero-order chi connectivity index (χ0) is 17.5. The lowest BCUT2D eigenvalue weighted by Gasteiger charge is -2.22. The molecule has 0 aliphatic heterocycles. The van der Waals surface area contributed by atoms with E-state index in [4.69, 9.17) is 11.6 Å². The van der Waals surface area contributed by atoms with Gasteiger partial charge in [0.1, 0.15) is 5.69 Å². The Bertz CT molecular complexity index is 827. The first kappa shape index (κ1) is 20.5. The molecular formula is C18H19BrClN5S. The van der Waals surface area contributed by atoms with E-state index in [0.29, 0.717) is 15.8 Å². The summed E-state index contributed by atoms with van der Waals surface area (Å²) in [6, 6.07) is 12.0. The largest absolute Gasteiger partial charge is 1.00 e. The molecule has 1 aromatic carbocycles. The standard InChI is InChI=1S/C18H19ClN5S.BrH/c1-2-24(12-11-23-9-4-3-5-10-23)15-6-7-17(16(19)14-15)21-22-18-20-8-13-25-18;/h3-10,13-14H,2,11-12H2,1H3;1H/q+1;/p-1. The maximum atomic E-state index is 6.39. The molecule has 0 amide bonds. The second kappa shape index (κ2) is 10.4. The van der Waals surface area contributed by atoms with Crippen LogP contribution < -0.4 is 26.4 Å². The van der Waals surface area contributed by atoms with Crippen LogP contribution in [0.1, 0.15) is 6.92 Å². The van der Waals surface area contributed by atoms with Crippen LogP contribution in [-0.4, -0.2) is 18.1 Å². The number of thiazole rings is 1. The fourth-order valence-corrected chi connectivity index (χ4v) is 3.09. The van der Waals surface area contributed by atoms with Crippen LogP contribution in [0, 0.1) is 0 Å². The third-order valence-corrected chi connectivity index (χ3v) is 4.70. The van der Waals surface area contributed by atoms with Crippen molar-refractivity contribution in [1.29, 1.82) is 0 Å². The number of nitrogens with zero attached hydrogens (tertiary/aromatic N) is 5. The summed E-state index contributed by atoms with van der Waals surface area (Å²) in [5.41, 5.74) is 1.73. The highest BCUT2D eigenvalue weighted by molar-refractivity contribution is 7.13. The van der Waals surface area contributed by atoms with E-state index < -0.39 is 0 Å². The van der Waals surface area contributed by atoms with E-state index in [1.54, 1.807) is 6.20 Å². The van der Waals surface area contributed by atoms with Crippen LogP contribution in [0.15, 0.2) is 70.6 Å². The molecule has 0 atom stereocenters. The van der Waals surface area contributed by atoms with E-state index in [9.17, 15) is 0 Å². The summed E-state index contributed by atoms with van der Waals surface area (Å²) < 4.78 is 2.17. The zero-order valence-corrected chi connectivity index (χ0v) is 17.5. The van der Waals surface area contributed by atoms with Crippen molar-refractivity contribution in [2.24, 2.45) is 10.2 Å². The van der Waals surface area contributed by atoms with Gasteiger partial charge >= 0.3 is 0 Å². The van der Waals surface area contributed by atoms with Crippen molar-refractivity contribution in [2.45, 2.75) is 13.5 Å². The van der Waals surface area contributed by atoms with Crippen LogP contribution in [0.2, 0.25) is 5.02 Å². The molecule has 0 unspecified atom stereocenters. The average Bonchev–Trinajstić information content (AvgIpc) is 3.16. The number of halogens is 2. The zero-order valence-electron chi connectivity index (χ0n) is 14.3. The average molecular weight is 453 g/mol. The van der Waals surface area contributed by atoms with Crippen molar-refractivity contribution in [2.75, 3.05) is 18.0 Å². The Labute approximate surface area is 172 Å². The van der Waals surface area contributed by atoms with E-state index in [0.717, 1.165) is 25.3 Å². The number of hydrogen-bond donors (Lipinski definition) is 0. The van der Waals surface area contributed by atoms with Gasteiger partial charge in [0.05, 0.1) is 11.6 Å². The Morgan fingerprint density at radius 3 is 2.65 bits per heavy atom. The maximum absolute atomic E-state index is 6.39. The van der Waals surface area contributed by atoms with Gasteiger partial charge in [0.15, 0.2) is 18.9 Å². The highest BCUT2D eigenvalue weighted by Crippen LogP contribution is 2.31. The topological polar surface area (TPSA) is 44.7 Å². The van der Waals surface area contributed by atoms with E-state index >= 15 is 0 Å². The molecular weight excluding hydrogens is 434 g/mol. The fourth-order valence-electron chi connectivity index (χ4n) is 2.42. The molecule has 0 fully saturated rings. The summed E-state index contributed by atoms with van der Waals surface area (Å²) in [5, 5.41) is 11.4. The first-order chi connectivity index (χ1) is 12.3. The van der Waals surface area contributed by atoms with Crippen molar-refractivity contribution >= 4 is 39.4 Å². The summed E-state index contributed by atoms with van der Waals surface area (Å²) in [6.07, 6.45) is 5.85. The summed E-state index contributed by atoms with van der Waals surface area (Å²) >= 11 is 7.82. The lowest BCUT2D eigenvalue weighted by atomic mass is 10.2. The molecule has 3 rings (SSSR count). The van der Waals surface area contributed by atoms with Gasteiger partial charge in [-0.25, -0.2) is 9.55 Å². The summed E-state index contributed by atoms with van der Waals surface area (Å²) in [7, 11) is 0. The number of benzene rings is 1. The molecule has 136 valence electrons. The molecule has 8 heteroatoms. The first-order valence-corrected chi connectivity index (χ1v) is 9.32. The highest BCUT2D eigenvalue weighted by atomic mass is 79.9. The molecule has 0 N–H and O–H groups in total. The van der Waals surface area contributed by atoms with Crippen LogP contribution in [0.5, 0.6) is 0 Å². The highest BCUT2D eigenvalue weighted by Gasteiger charge is 2.10. The summed E-state index contributed by atoms with van der Waals surface area (Å²) in [5.74, 6) is 0. The molecule has 5 nitrogen and oxygen atoms in total. The minimum absolute atomic E-state index is 0. The summed E-state index contributed by atoms with van der Waals surface area (Å²) in [6.45, 7) is 4.86. The molecule has 0 saturated heterocycles. The van der Waals surface area contributed by atoms with E-state index in [2.05, 4.69) is 44.0 Å². The predicted molar refractivity (Wildman–Crippen MR) is 102 cm³/mol. The molecule has 0 aliphatic carbocycles. The quantitative estimate of drug-likeness (QED) is 0.407. The van der Waals surface area contributed by atoms with Gasteiger partial charge in [0.25, 0.3) is 0 Å². The van der Waals surface area contributed by atoms with Crippen molar-refractivity contribution in [1.82, 2.24) is 4.98 Å². The minimum Gasteiger partial charge on any atom is -1.00 e. The van der Waals surface area contributed by atoms with Crippen LogP contribution in [0.3, 0.4) is 0 Å². The number of hydrogen-bond acceptors (Lipinski definition) is 5. The first-order valence-electron chi connectivity index (χ1n) is 8.06. The third kappa shape index (κ3) is 5.59. The van der Waals surface area contributed by atoms with Crippen molar-refractivity contribution in [3.05, 3.63) is 65.4 Å². The molecule has 3 aromatic rings. The second-order valence-corrected chi connectivity index (χ2v) is 6.62. The number of azo groups is 1. The predicted octanol–water partition coefficient (Wildman–Crippen LogP) is 2.03. The van der Waals surface area contributed by atoms with Gasteiger partial charge in [0.2, 0.25) is 5.13 Å². The third-order valence-electron chi connectivity index (χ3n) is 3.75. The smallest absolute Gasteiger partial charge is 0.229 e. The molecule has 0 spiro atoms. The fraction of sp³-hybridized carbons (Fsp3) is 0.222. The molecule has 0 bridgehead atoms. The molecule has 26 heavy (non-hydrogen) atoms. The van der Waals surface area contributed by atoms with Crippen molar-refractivity contribution < 1.29 is 21.5 Å². The molecule has 2 heterocycles. The van der Waals surface area contributed by atoms with E-state index in [1.165, 1.54) is 11.3 Å². The lowest BCUT2D eigenvalue weighted by Crippen LogP contribution is -3.00. The van der Waals surface area contributed by atoms with Gasteiger partial charge in [-0.15, -0.1) is 21.6 Å². The maximum Gasteiger partial charge on any atom is 0.229 e. The Hall–Kier alpha value is -1.83. The van der Waals surface area contributed by atoms with Crippen molar-refractivity contribution in [3.63, 3.8) is 0 Å². The van der Waals surface area contributed by atoms with Crippen LogP contribution in [0.25, 0.3) is 0 Å². The Morgan fingerprint density at radius 1 is 1.19 bits per heavy atom. The van der Waals surface area contributed by atoms with Crippen molar-refractivity contribution in [3.8, 4) is 0 Å². The minimum atomic E-state index is 0. The van der Waals surface area contributed by atoms with E-state index in [-0.39, 0.29) is 17.0 Å². The Kier molecular flexibility index (Phi) is 8.15. The number of aromatic nitrogens is 2. The number of likely N-dealkylation sites (N-methyl/N-ethyl adjacent to an activating group) is 1. The van der Waals surface area contributed by atoms with Gasteiger partial charge in [-0.3, -0.25) is 0 Å². The lowest BCUT2D eigenvalue weighted by molar-refractivity contribution is -0.694. The van der Waals surface area contributed by atoms with E-state index in [1.807, 2.05) is 41.8 Å². The SMILES string of the molecule is CCN(CC[n+]1ccccc1)c1ccc(N=Nc2nccs2)c(Cl)c1.[Br-]. The normalized spacial score (nSPS) is 10.7. The van der Waals surface area contributed by atoms with Crippen LogP contribution in [0.4, 0.5) is 16.5 Å². The monoisotopic (exact) mass is 451 g/mol. The van der Waals surface area contributed by atoms with Gasteiger partial charge in [-0.1, -0.05) is 17.7 Å². The van der Waals surface area contributed by atoms with Gasteiger partial charge < -0.3 is 21.9 Å². The van der Waals surface area contributed by atoms with Crippen LogP contribution >= 0.6 is 22.9 Å². The Morgan fingerprint density at radius 2 is 2.00 bits per heavy atom. The number of rotatable bonds is 7. The molecule has 0 radical (unpaired) electrons. The molecule has 0 aliphatic rings. The van der Waals surface area contributed by atoms with Gasteiger partial charge in [-0.05, 0) is 25.1 Å². The number of anilines is 1. The molecule has 0 saturated carbocycles. The van der Waals surface area contributed by atoms with Crippen LogP contribution in [-0.2, 0) is 6.54 Å². The summed E-state index contributed by atoms with van der Waals surface area (Å²) in [4.78, 5) is 6.36. The molecule has 2 aromatic heterocycles. The second-order valence-electron chi connectivity index (χ2n) is 5.34. The van der Waals surface area contributed by atoms with Gasteiger partial charge in [0, 0.05) is 35.9 Å². The Balaban J connectivity index is 0.00000243. The number of pyridine rings is 1.